The fourth-order valence-corrected chi connectivity index (χ4v) is 3.53. The number of amides is 2. The van der Waals surface area contributed by atoms with Gasteiger partial charge in [-0.3, -0.25) is 9.59 Å². The number of hydrogen-bond donors (Lipinski definition) is 0. The molecule has 2 rings (SSSR count). The summed E-state index contributed by atoms with van der Waals surface area (Å²) in [5.41, 5.74) is 0.371. The molecule has 1 aliphatic rings. The fraction of sp³-hybridized carbons (Fsp3) is 0.619. The van der Waals surface area contributed by atoms with Gasteiger partial charge in [-0.05, 0) is 42.9 Å². The van der Waals surface area contributed by atoms with Crippen molar-refractivity contribution >= 4 is 11.8 Å². The second-order valence-corrected chi connectivity index (χ2v) is 8.11. The van der Waals surface area contributed by atoms with Gasteiger partial charge >= 0.3 is 0 Å². The molecule has 0 spiro atoms. The van der Waals surface area contributed by atoms with Crippen molar-refractivity contribution in [2.45, 2.75) is 40.5 Å². The van der Waals surface area contributed by atoms with Crippen LogP contribution in [0.2, 0.25) is 0 Å². The minimum absolute atomic E-state index is 0.0240. The highest BCUT2D eigenvalue weighted by molar-refractivity contribution is 5.94. The fourth-order valence-electron chi connectivity index (χ4n) is 3.53. The molecule has 0 aromatic heterocycles. The Labute approximate surface area is 156 Å². The van der Waals surface area contributed by atoms with E-state index in [0.717, 1.165) is 13.1 Å². The van der Waals surface area contributed by atoms with Crippen molar-refractivity contribution in [2.75, 3.05) is 26.2 Å². The molecule has 144 valence electrons. The van der Waals surface area contributed by atoms with E-state index in [-0.39, 0.29) is 17.7 Å². The molecule has 2 amide bonds. The van der Waals surface area contributed by atoms with Crippen molar-refractivity contribution in [3.8, 4) is 0 Å². The lowest BCUT2D eigenvalue weighted by molar-refractivity contribution is -0.138. The first-order chi connectivity index (χ1) is 12.3. The molecule has 0 atom stereocenters. The van der Waals surface area contributed by atoms with Crippen molar-refractivity contribution in [3.05, 3.63) is 35.6 Å². The molecular weight excluding hydrogens is 331 g/mol. The van der Waals surface area contributed by atoms with E-state index in [1.165, 1.54) is 12.1 Å². The maximum Gasteiger partial charge on any atom is 0.253 e. The predicted molar refractivity (Wildman–Crippen MR) is 101 cm³/mol. The number of piperidine rings is 1. The third-order valence-corrected chi connectivity index (χ3v) is 4.69. The molecule has 1 aromatic carbocycles. The van der Waals surface area contributed by atoms with Crippen LogP contribution in [0.25, 0.3) is 0 Å². The van der Waals surface area contributed by atoms with E-state index in [4.69, 9.17) is 0 Å². The minimum atomic E-state index is -0.404. The number of rotatable bonds is 6. The van der Waals surface area contributed by atoms with E-state index >= 15 is 0 Å². The highest BCUT2D eigenvalue weighted by Crippen LogP contribution is 2.22. The van der Waals surface area contributed by atoms with Gasteiger partial charge in [0, 0.05) is 37.7 Å². The third-order valence-electron chi connectivity index (χ3n) is 4.69. The quantitative estimate of drug-likeness (QED) is 0.772. The van der Waals surface area contributed by atoms with Crippen LogP contribution in [0.5, 0.6) is 0 Å². The van der Waals surface area contributed by atoms with Gasteiger partial charge in [0.05, 0.1) is 0 Å². The first kappa shape index (κ1) is 20.4. The molecule has 4 nitrogen and oxygen atoms in total. The third kappa shape index (κ3) is 5.55. The molecule has 1 fully saturated rings. The number of benzene rings is 1. The standard InChI is InChI=1S/C21H31FN2O2/c1-15(2)13-24(14-16(3)4)20(25)17-8-10-23(11-9-17)21(26)18-6-5-7-19(22)12-18/h5-7,12,15-17H,8-11,13-14H2,1-4H3. The van der Waals surface area contributed by atoms with Gasteiger partial charge in [0.1, 0.15) is 5.82 Å². The lowest BCUT2D eigenvalue weighted by atomic mass is 9.94. The Morgan fingerprint density at radius 3 is 2.19 bits per heavy atom. The highest BCUT2D eigenvalue weighted by atomic mass is 19.1. The second kappa shape index (κ2) is 9.15. The Bertz CT molecular complexity index is 612. The van der Waals surface area contributed by atoms with Gasteiger partial charge < -0.3 is 9.80 Å². The van der Waals surface area contributed by atoms with Crippen molar-refractivity contribution in [2.24, 2.45) is 17.8 Å². The van der Waals surface area contributed by atoms with Crippen molar-refractivity contribution in [1.29, 1.82) is 0 Å². The van der Waals surface area contributed by atoms with E-state index in [1.54, 1.807) is 17.0 Å². The van der Waals surface area contributed by atoms with E-state index in [1.807, 2.05) is 4.90 Å². The summed E-state index contributed by atoms with van der Waals surface area (Å²) in [6, 6.07) is 5.79. The van der Waals surface area contributed by atoms with Crippen LogP contribution in [0, 0.1) is 23.6 Å². The van der Waals surface area contributed by atoms with Gasteiger partial charge in [0.25, 0.3) is 5.91 Å². The summed E-state index contributed by atoms with van der Waals surface area (Å²) in [5.74, 6) is 0.504. The second-order valence-electron chi connectivity index (χ2n) is 8.11. The van der Waals surface area contributed by atoms with Gasteiger partial charge in [0.15, 0.2) is 0 Å². The first-order valence-electron chi connectivity index (χ1n) is 9.61. The highest BCUT2D eigenvalue weighted by Gasteiger charge is 2.31. The van der Waals surface area contributed by atoms with E-state index in [9.17, 15) is 14.0 Å². The lowest BCUT2D eigenvalue weighted by Crippen LogP contribution is -2.46. The van der Waals surface area contributed by atoms with Crippen LogP contribution >= 0.6 is 0 Å². The zero-order valence-electron chi connectivity index (χ0n) is 16.4. The molecule has 0 aliphatic carbocycles. The Hall–Kier alpha value is -1.91. The molecule has 1 aromatic rings. The molecule has 1 saturated heterocycles. The maximum atomic E-state index is 13.3. The van der Waals surface area contributed by atoms with Crippen molar-refractivity contribution < 1.29 is 14.0 Å². The van der Waals surface area contributed by atoms with Gasteiger partial charge in [-0.15, -0.1) is 0 Å². The topological polar surface area (TPSA) is 40.6 Å². The van der Waals surface area contributed by atoms with Crippen LogP contribution < -0.4 is 0 Å². The number of halogens is 1. The Morgan fingerprint density at radius 1 is 1.12 bits per heavy atom. The molecule has 1 aliphatic heterocycles. The van der Waals surface area contributed by atoms with E-state index in [2.05, 4.69) is 27.7 Å². The largest absolute Gasteiger partial charge is 0.342 e. The Kier molecular flexibility index (Phi) is 7.18. The Morgan fingerprint density at radius 2 is 1.69 bits per heavy atom. The molecule has 26 heavy (non-hydrogen) atoms. The van der Waals surface area contributed by atoms with Gasteiger partial charge in [-0.1, -0.05) is 33.8 Å². The molecule has 5 heteroatoms. The van der Waals surface area contributed by atoms with Gasteiger partial charge in [-0.2, -0.15) is 0 Å². The summed E-state index contributed by atoms with van der Waals surface area (Å²) in [5, 5.41) is 0. The number of likely N-dealkylation sites (tertiary alicyclic amines) is 1. The molecule has 0 N–H and O–H groups in total. The molecule has 0 unspecified atom stereocenters. The zero-order valence-corrected chi connectivity index (χ0v) is 16.4. The van der Waals surface area contributed by atoms with Crippen molar-refractivity contribution in [3.63, 3.8) is 0 Å². The summed E-state index contributed by atoms with van der Waals surface area (Å²) in [7, 11) is 0. The van der Waals surface area contributed by atoms with Crippen LogP contribution in [0.4, 0.5) is 4.39 Å². The number of carbonyl (C=O) groups is 2. The zero-order chi connectivity index (χ0) is 19.3. The SMILES string of the molecule is CC(C)CN(CC(C)C)C(=O)C1CCN(C(=O)c2cccc(F)c2)CC1. The smallest absolute Gasteiger partial charge is 0.253 e. The first-order valence-corrected chi connectivity index (χ1v) is 9.61. The van der Waals surface area contributed by atoms with Crippen molar-refractivity contribution in [1.82, 2.24) is 9.80 Å². The monoisotopic (exact) mass is 362 g/mol. The lowest BCUT2D eigenvalue weighted by Gasteiger charge is -2.35. The average Bonchev–Trinajstić information content (AvgIpc) is 2.59. The minimum Gasteiger partial charge on any atom is -0.342 e. The summed E-state index contributed by atoms with van der Waals surface area (Å²) in [6.45, 7) is 11.1. The van der Waals surface area contributed by atoms with Gasteiger partial charge in [-0.25, -0.2) is 4.39 Å². The summed E-state index contributed by atoms with van der Waals surface area (Å²) >= 11 is 0. The summed E-state index contributed by atoms with van der Waals surface area (Å²) < 4.78 is 13.3. The summed E-state index contributed by atoms with van der Waals surface area (Å²) in [4.78, 5) is 29.2. The van der Waals surface area contributed by atoms with Crippen LogP contribution in [-0.4, -0.2) is 47.8 Å². The van der Waals surface area contributed by atoms with Crippen LogP contribution in [0.3, 0.4) is 0 Å². The van der Waals surface area contributed by atoms with Crippen LogP contribution in [-0.2, 0) is 4.79 Å². The number of hydrogen-bond acceptors (Lipinski definition) is 2. The summed E-state index contributed by atoms with van der Waals surface area (Å²) in [6.07, 6.45) is 1.35. The van der Waals surface area contributed by atoms with Gasteiger partial charge in [0.2, 0.25) is 5.91 Å². The average molecular weight is 362 g/mol. The number of carbonyl (C=O) groups excluding carboxylic acids is 2. The molecule has 1 heterocycles. The maximum absolute atomic E-state index is 13.3. The van der Waals surface area contributed by atoms with Crippen LogP contribution in [0.1, 0.15) is 50.9 Å². The predicted octanol–water partition coefficient (Wildman–Crippen LogP) is 3.82. The number of nitrogens with zero attached hydrogens (tertiary/aromatic N) is 2. The van der Waals surface area contributed by atoms with E-state index in [0.29, 0.717) is 43.3 Å². The molecule has 0 saturated carbocycles. The normalized spacial score (nSPS) is 15.6. The molecular formula is C21H31FN2O2. The Balaban J connectivity index is 1.95. The van der Waals surface area contributed by atoms with Crippen LogP contribution in [0.15, 0.2) is 24.3 Å². The molecule has 0 radical (unpaired) electrons. The van der Waals surface area contributed by atoms with E-state index < -0.39 is 5.82 Å². The molecule has 0 bridgehead atoms.